The largest absolute Gasteiger partial charge is 0.389 e. The summed E-state index contributed by atoms with van der Waals surface area (Å²) in [4.78, 5) is 0. The van der Waals surface area contributed by atoms with Crippen molar-refractivity contribution in [2.75, 3.05) is 6.61 Å². The van der Waals surface area contributed by atoms with E-state index in [-0.39, 0.29) is 18.5 Å². The summed E-state index contributed by atoms with van der Waals surface area (Å²) in [6, 6.07) is 0. The number of hydrogen-bond acceptors (Lipinski definition) is 3. The normalized spacial score (nSPS) is 39.6. The average molecular weight is 184 g/mol. The van der Waals surface area contributed by atoms with E-state index < -0.39 is 0 Å². The first-order chi connectivity index (χ1) is 6.34. The number of ether oxygens (including phenoxy) is 2. The van der Waals surface area contributed by atoms with Gasteiger partial charge in [-0.1, -0.05) is 12.2 Å². The molecule has 2 rings (SSSR count). The highest BCUT2D eigenvalue weighted by atomic mass is 16.7. The lowest BCUT2D eigenvalue weighted by Crippen LogP contribution is -2.26. The van der Waals surface area contributed by atoms with Gasteiger partial charge in [-0.15, -0.1) is 0 Å². The number of hydrogen-bond donors (Lipinski definition) is 1. The van der Waals surface area contributed by atoms with Crippen molar-refractivity contribution in [2.24, 2.45) is 0 Å². The van der Waals surface area contributed by atoms with Crippen LogP contribution in [-0.4, -0.2) is 30.2 Å². The first-order valence-electron chi connectivity index (χ1n) is 4.98. The minimum Gasteiger partial charge on any atom is -0.389 e. The van der Waals surface area contributed by atoms with Crippen LogP contribution in [0.5, 0.6) is 0 Å². The molecule has 0 aromatic heterocycles. The molecule has 3 heteroatoms. The third-order valence-corrected chi connectivity index (χ3v) is 2.49. The topological polar surface area (TPSA) is 38.7 Å². The van der Waals surface area contributed by atoms with Crippen LogP contribution >= 0.6 is 0 Å². The maximum atomic E-state index is 9.22. The van der Waals surface area contributed by atoms with Gasteiger partial charge in [-0.25, -0.2) is 0 Å². The molecule has 0 aromatic carbocycles. The molecule has 0 saturated carbocycles. The lowest BCUT2D eigenvalue weighted by molar-refractivity contribution is -0.179. The Morgan fingerprint density at radius 1 is 1.31 bits per heavy atom. The van der Waals surface area contributed by atoms with E-state index in [9.17, 15) is 5.11 Å². The minimum absolute atomic E-state index is 0.0475. The Morgan fingerprint density at radius 2 is 2.23 bits per heavy atom. The van der Waals surface area contributed by atoms with Gasteiger partial charge in [0.2, 0.25) is 0 Å². The highest BCUT2D eigenvalue weighted by molar-refractivity contribution is 5.03. The van der Waals surface area contributed by atoms with Crippen molar-refractivity contribution in [2.45, 2.75) is 44.2 Å². The van der Waals surface area contributed by atoms with Gasteiger partial charge in [-0.3, -0.25) is 0 Å². The van der Waals surface area contributed by atoms with Crippen LogP contribution in [-0.2, 0) is 9.47 Å². The van der Waals surface area contributed by atoms with Gasteiger partial charge in [0.1, 0.15) is 0 Å². The number of rotatable bonds is 2. The molecule has 3 atom stereocenters. The van der Waals surface area contributed by atoms with E-state index in [0.29, 0.717) is 6.42 Å². The second kappa shape index (κ2) is 4.22. The van der Waals surface area contributed by atoms with E-state index in [1.807, 2.05) is 6.08 Å². The third-order valence-electron chi connectivity index (χ3n) is 2.49. The maximum absolute atomic E-state index is 9.22. The molecule has 1 fully saturated rings. The van der Waals surface area contributed by atoms with E-state index in [1.54, 1.807) is 6.08 Å². The average Bonchev–Trinajstić information content (AvgIpc) is 2.53. The zero-order chi connectivity index (χ0) is 9.10. The molecule has 0 radical (unpaired) electrons. The molecular formula is C10H16O3. The fraction of sp³-hybridized carbons (Fsp3) is 0.800. The molecule has 0 spiro atoms. The van der Waals surface area contributed by atoms with E-state index in [2.05, 4.69) is 0 Å². The highest BCUT2D eigenvalue weighted by Gasteiger charge is 2.22. The van der Waals surface area contributed by atoms with Gasteiger partial charge in [-0.2, -0.15) is 0 Å². The van der Waals surface area contributed by atoms with Crippen LogP contribution in [0.25, 0.3) is 0 Å². The molecule has 3 nitrogen and oxygen atoms in total. The van der Waals surface area contributed by atoms with Crippen LogP contribution in [0.1, 0.15) is 25.7 Å². The van der Waals surface area contributed by atoms with Crippen LogP contribution in [0.3, 0.4) is 0 Å². The van der Waals surface area contributed by atoms with E-state index in [4.69, 9.17) is 9.47 Å². The quantitative estimate of drug-likeness (QED) is 0.656. The second-order valence-corrected chi connectivity index (χ2v) is 3.66. The summed E-state index contributed by atoms with van der Waals surface area (Å²) in [5.41, 5.74) is 0. The molecule has 1 aliphatic carbocycles. The minimum atomic E-state index is -0.325. The smallest absolute Gasteiger partial charge is 0.158 e. The number of aliphatic hydroxyl groups is 1. The monoisotopic (exact) mass is 184 g/mol. The SMILES string of the molecule is O[C@H]1C=CC(OC2CCCCO2)C1. The van der Waals surface area contributed by atoms with Gasteiger partial charge in [0.25, 0.3) is 0 Å². The Hall–Kier alpha value is -0.380. The van der Waals surface area contributed by atoms with Crippen molar-refractivity contribution in [3.63, 3.8) is 0 Å². The molecule has 1 aliphatic heterocycles. The molecule has 0 amide bonds. The molecule has 1 saturated heterocycles. The predicted octanol–water partition coefficient (Wildman–Crippen LogP) is 1.22. The fourth-order valence-corrected chi connectivity index (χ4v) is 1.76. The van der Waals surface area contributed by atoms with Crippen LogP contribution < -0.4 is 0 Å². The molecule has 2 unspecified atom stereocenters. The Bertz CT molecular complexity index is 185. The number of aliphatic hydroxyl groups excluding tert-OH is 1. The summed E-state index contributed by atoms with van der Waals surface area (Å²) >= 11 is 0. The standard InChI is InChI=1S/C10H16O3/c11-8-4-5-9(7-8)13-10-3-1-2-6-12-10/h4-5,8-11H,1-3,6-7H2/t8-,9?,10?/m0/s1. The van der Waals surface area contributed by atoms with Crippen LogP contribution in [0.4, 0.5) is 0 Å². The van der Waals surface area contributed by atoms with Crippen LogP contribution in [0.2, 0.25) is 0 Å². The molecule has 13 heavy (non-hydrogen) atoms. The van der Waals surface area contributed by atoms with Crippen molar-refractivity contribution < 1.29 is 14.6 Å². The van der Waals surface area contributed by atoms with Gasteiger partial charge in [0, 0.05) is 13.0 Å². The molecule has 2 aliphatic rings. The first-order valence-corrected chi connectivity index (χ1v) is 4.98. The summed E-state index contributed by atoms with van der Waals surface area (Å²) in [5.74, 6) is 0. The van der Waals surface area contributed by atoms with Crippen molar-refractivity contribution in [1.29, 1.82) is 0 Å². The van der Waals surface area contributed by atoms with Crippen LogP contribution in [0, 0.1) is 0 Å². The van der Waals surface area contributed by atoms with Gasteiger partial charge in [-0.05, 0) is 19.3 Å². The zero-order valence-electron chi connectivity index (χ0n) is 7.69. The van der Waals surface area contributed by atoms with E-state index in [0.717, 1.165) is 19.4 Å². The zero-order valence-corrected chi connectivity index (χ0v) is 7.69. The van der Waals surface area contributed by atoms with Crippen molar-refractivity contribution >= 4 is 0 Å². The summed E-state index contributed by atoms with van der Waals surface area (Å²) in [6.45, 7) is 0.809. The van der Waals surface area contributed by atoms with Gasteiger partial charge >= 0.3 is 0 Å². The summed E-state index contributed by atoms with van der Waals surface area (Å²) in [5, 5.41) is 9.22. The van der Waals surface area contributed by atoms with E-state index in [1.165, 1.54) is 6.42 Å². The third kappa shape index (κ3) is 2.53. The lowest BCUT2D eigenvalue weighted by Gasteiger charge is -2.25. The Kier molecular flexibility index (Phi) is 2.98. The van der Waals surface area contributed by atoms with Gasteiger partial charge in [0.05, 0.1) is 12.2 Å². The first kappa shape index (κ1) is 9.19. The highest BCUT2D eigenvalue weighted by Crippen LogP contribution is 2.20. The van der Waals surface area contributed by atoms with Crippen molar-refractivity contribution in [3.05, 3.63) is 12.2 Å². The molecule has 74 valence electrons. The molecular weight excluding hydrogens is 168 g/mol. The molecule has 1 heterocycles. The summed E-state index contributed by atoms with van der Waals surface area (Å²) in [7, 11) is 0. The molecule has 1 N–H and O–H groups in total. The van der Waals surface area contributed by atoms with Crippen LogP contribution in [0.15, 0.2) is 12.2 Å². The summed E-state index contributed by atoms with van der Waals surface area (Å²) < 4.78 is 11.1. The second-order valence-electron chi connectivity index (χ2n) is 3.66. The van der Waals surface area contributed by atoms with Gasteiger partial charge in [0.15, 0.2) is 6.29 Å². The van der Waals surface area contributed by atoms with Crippen molar-refractivity contribution in [1.82, 2.24) is 0 Å². The Labute approximate surface area is 78.3 Å². The lowest BCUT2D eigenvalue weighted by atomic mass is 10.2. The maximum Gasteiger partial charge on any atom is 0.158 e. The van der Waals surface area contributed by atoms with E-state index >= 15 is 0 Å². The Morgan fingerprint density at radius 3 is 2.85 bits per heavy atom. The van der Waals surface area contributed by atoms with Crippen molar-refractivity contribution in [3.8, 4) is 0 Å². The summed E-state index contributed by atoms with van der Waals surface area (Å²) in [6.07, 6.45) is 7.38. The Balaban J connectivity index is 1.74. The molecule has 0 aromatic rings. The van der Waals surface area contributed by atoms with Gasteiger partial charge < -0.3 is 14.6 Å². The predicted molar refractivity (Wildman–Crippen MR) is 48.2 cm³/mol. The molecule has 0 bridgehead atoms. The fourth-order valence-electron chi connectivity index (χ4n) is 1.76.